The van der Waals surface area contributed by atoms with Crippen LogP contribution in [0.5, 0.6) is 5.75 Å². The van der Waals surface area contributed by atoms with Crippen LogP contribution in [-0.2, 0) is 10.2 Å². The lowest BCUT2D eigenvalue weighted by molar-refractivity contribution is 0.0633. The Labute approximate surface area is 203 Å². The third kappa shape index (κ3) is 4.97. The van der Waals surface area contributed by atoms with E-state index in [2.05, 4.69) is 14.1 Å². The van der Waals surface area contributed by atoms with Crippen molar-refractivity contribution in [1.29, 1.82) is 0 Å². The third-order valence-electron chi connectivity index (χ3n) is 6.14. The zero-order valence-corrected chi connectivity index (χ0v) is 19.7. The first-order valence-corrected chi connectivity index (χ1v) is 12.8. The van der Waals surface area contributed by atoms with Crippen LogP contribution in [0.1, 0.15) is 28.8 Å². The molecule has 5 rings (SSSR count). The van der Waals surface area contributed by atoms with E-state index in [1.807, 2.05) is 41.3 Å². The van der Waals surface area contributed by atoms with Crippen LogP contribution in [0.15, 0.2) is 71.4 Å². The topological polar surface area (TPSA) is 127 Å². The van der Waals surface area contributed by atoms with E-state index >= 15 is 0 Å². The summed E-state index contributed by atoms with van der Waals surface area (Å²) in [5.41, 5.74) is 9.30. The van der Waals surface area contributed by atoms with E-state index in [1.165, 1.54) is 0 Å². The standard InChI is InChI=1S/C25H25N5O4S/c26-24-23-21(28-35(32,33)29-24)7-2-8-22(23)34-16-17-4-3-13-30(15-17)25(31)20-6-1-5-19(14-20)18-9-11-27-12-10-18/h1-2,5-12,14,17,28H,3-4,13,15-16H2,(H2,26,29)/t17-/m0/s1. The Kier molecular flexibility index (Phi) is 6.12. The number of amides is 1. The van der Waals surface area contributed by atoms with Crippen LogP contribution in [-0.4, -0.2) is 49.7 Å². The Bertz CT molecular complexity index is 1390. The predicted molar refractivity (Wildman–Crippen MR) is 134 cm³/mol. The number of nitrogens with zero attached hydrogens (tertiary/aromatic N) is 3. The molecule has 10 heteroatoms. The molecule has 0 radical (unpaired) electrons. The molecule has 1 saturated heterocycles. The lowest BCUT2D eigenvalue weighted by Gasteiger charge is -2.33. The monoisotopic (exact) mass is 491 g/mol. The molecule has 0 saturated carbocycles. The average molecular weight is 492 g/mol. The normalized spacial score (nSPS) is 18.7. The van der Waals surface area contributed by atoms with E-state index in [1.54, 1.807) is 30.6 Å². The van der Waals surface area contributed by atoms with Crippen molar-refractivity contribution in [3.63, 3.8) is 0 Å². The highest BCUT2D eigenvalue weighted by Gasteiger charge is 2.27. The van der Waals surface area contributed by atoms with Gasteiger partial charge in [0.15, 0.2) is 5.84 Å². The lowest BCUT2D eigenvalue weighted by Crippen LogP contribution is -2.41. The molecule has 3 aromatic rings. The number of carbonyl (C=O) groups is 1. The number of carbonyl (C=O) groups excluding carboxylic acids is 1. The van der Waals surface area contributed by atoms with Crippen molar-refractivity contribution < 1.29 is 17.9 Å². The summed E-state index contributed by atoms with van der Waals surface area (Å²) in [4.78, 5) is 19.2. The summed E-state index contributed by atoms with van der Waals surface area (Å²) in [6.45, 7) is 1.64. The zero-order chi connectivity index (χ0) is 24.4. The fourth-order valence-corrected chi connectivity index (χ4v) is 5.33. The molecule has 1 fully saturated rings. The van der Waals surface area contributed by atoms with Crippen LogP contribution in [0.3, 0.4) is 0 Å². The van der Waals surface area contributed by atoms with Gasteiger partial charge in [-0.1, -0.05) is 18.2 Å². The first-order valence-electron chi connectivity index (χ1n) is 11.3. The second-order valence-corrected chi connectivity index (χ2v) is 9.96. The van der Waals surface area contributed by atoms with E-state index < -0.39 is 10.2 Å². The number of pyridine rings is 1. The summed E-state index contributed by atoms with van der Waals surface area (Å²) in [5, 5.41) is 0. The molecule has 0 bridgehead atoms. The molecule has 180 valence electrons. The molecule has 9 nitrogen and oxygen atoms in total. The van der Waals surface area contributed by atoms with Gasteiger partial charge in [-0.15, -0.1) is 4.40 Å². The van der Waals surface area contributed by atoms with Crippen LogP contribution in [0, 0.1) is 5.92 Å². The molecule has 0 spiro atoms. The summed E-state index contributed by atoms with van der Waals surface area (Å²) in [7, 11) is -3.85. The molecule has 1 atom stereocenters. The summed E-state index contributed by atoms with van der Waals surface area (Å²) < 4.78 is 35.6. The van der Waals surface area contributed by atoms with Crippen LogP contribution in [0.4, 0.5) is 5.69 Å². The minimum Gasteiger partial charge on any atom is -0.492 e. The van der Waals surface area contributed by atoms with Gasteiger partial charge in [0.2, 0.25) is 0 Å². The van der Waals surface area contributed by atoms with E-state index in [0.717, 1.165) is 24.0 Å². The first-order chi connectivity index (χ1) is 16.9. The minimum atomic E-state index is -3.85. The summed E-state index contributed by atoms with van der Waals surface area (Å²) in [5.74, 6) is 0.474. The van der Waals surface area contributed by atoms with Gasteiger partial charge in [-0.05, 0) is 60.4 Å². The van der Waals surface area contributed by atoms with Crippen molar-refractivity contribution in [3.8, 4) is 16.9 Å². The molecule has 3 N–H and O–H groups in total. The number of rotatable bonds is 5. The number of fused-ring (bicyclic) bond motifs is 1. The second kappa shape index (κ2) is 9.38. The molecule has 1 amide bonds. The second-order valence-electron chi connectivity index (χ2n) is 8.62. The van der Waals surface area contributed by atoms with Crippen molar-refractivity contribution in [1.82, 2.24) is 9.88 Å². The van der Waals surface area contributed by atoms with Gasteiger partial charge < -0.3 is 15.4 Å². The Morgan fingerprint density at radius 3 is 2.74 bits per heavy atom. The quantitative estimate of drug-likeness (QED) is 0.565. The van der Waals surface area contributed by atoms with Crippen molar-refractivity contribution in [2.45, 2.75) is 12.8 Å². The molecule has 2 aliphatic rings. The van der Waals surface area contributed by atoms with E-state index in [9.17, 15) is 13.2 Å². The van der Waals surface area contributed by atoms with Crippen molar-refractivity contribution in [2.75, 3.05) is 24.4 Å². The van der Waals surface area contributed by atoms with Crippen LogP contribution >= 0.6 is 0 Å². The van der Waals surface area contributed by atoms with Gasteiger partial charge >= 0.3 is 10.2 Å². The highest BCUT2D eigenvalue weighted by Crippen LogP contribution is 2.31. The Hall–Kier alpha value is -3.92. The van der Waals surface area contributed by atoms with Gasteiger partial charge in [-0.25, -0.2) is 0 Å². The molecule has 1 aromatic heterocycles. The number of benzene rings is 2. The van der Waals surface area contributed by atoms with Gasteiger partial charge in [-0.3, -0.25) is 14.5 Å². The van der Waals surface area contributed by atoms with Gasteiger partial charge in [-0.2, -0.15) is 8.42 Å². The SMILES string of the molecule is NC1=NS(=O)(=O)Nc2cccc(OC[C@H]3CCCN(C(=O)c4cccc(-c5ccncc5)c4)C3)c21. The number of amidine groups is 1. The minimum absolute atomic E-state index is 0.00604. The molecule has 2 aromatic carbocycles. The lowest BCUT2D eigenvalue weighted by atomic mass is 9.97. The molecule has 35 heavy (non-hydrogen) atoms. The van der Waals surface area contributed by atoms with E-state index in [0.29, 0.717) is 42.3 Å². The smallest absolute Gasteiger partial charge is 0.344 e. The van der Waals surface area contributed by atoms with E-state index in [-0.39, 0.29) is 17.7 Å². The van der Waals surface area contributed by atoms with Crippen LogP contribution in [0.2, 0.25) is 0 Å². The van der Waals surface area contributed by atoms with E-state index in [4.69, 9.17) is 10.5 Å². The fourth-order valence-electron chi connectivity index (χ4n) is 4.49. The van der Waals surface area contributed by atoms with Gasteiger partial charge in [0.25, 0.3) is 5.91 Å². The number of piperidine rings is 1. The number of nitrogens with two attached hydrogens (primary N) is 1. The van der Waals surface area contributed by atoms with Crippen molar-refractivity contribution in [2.24, 2.45) is 16.0 Å². The maximum absolute atomic E-state index is 13.3. The summed E-state index contributed by atoms with van der Waals surface area (Å²) in [6.07, 6.45) is 5.26. The Balaban J connectivity index is 1.27. The average Bonchev–Trinajstić information content (AvgIpc) is 2.87. The van der Waals surface area contributed by atoms with Gasteiger partial charge in [0, 0.05) is 37.0 Å². The van der Waals surface area contributed by atoms with Crippen molar-refractivity contribution >= 4 is 27.6 Å². The van der Waals surface area contributed by atoms with Crippen LogP contribution < -0.4 is 15.2 Å². The maximum atomic E-state index is 13.3. The number of nitrogens with one attached hydrogen (secondary N) is 1. The number of ether oxygens (including phenoxy) is 1. The third-order valence-corrected chi connectivity index (χ3v) is 7.06. The number of aromatic nitrogens is 1. The molecule has 0 aliphatic carbocycles. The maximum Gasteiger partial charge on any atom is 0.344 e. The Morgan fingerprint density at radius 1 is 1.11 bits per heavy atom. The first kappa shape index (κ1) is 22.9. The largest absolute Gasteiger partial charge is 0.492 e. The summed E-state index contributed by atoms with van der Waals surface area (Å²) in [6, 6.07) is 16.5. The Morgan fingerprint density at radius 2 is 1.91 bits per heavy atom. The predicted octanol–water partition coefficient (Wildman–Crippen LogP) is 3.06. The summed E-state index contributed by atoms with van der Waals surface area (Å²) >= 11 is 0. The number of hydrogen-bond acceptors (Lipinski definition) is 6. The number of anilines is 1. The molecular formula is C25H25N5O4S. The molecule has 2 aliphatic heterocycles. The molecule has 3 heterocycles. The van der Waals surface area contributed by atoms with Gasteiger partial charge in [0.1, 0.15) is 5.75 Å². The molecular weight excluding hydrogens is 466 g/mol. The van der Waals surface area contributed by atoms with Crippen molar-refractivity contribution in [3.05, 3.63) is 78.1 Å². The highest BCUT2D eigenvalue weighted by atomic mass is 32.2. The van der Waals surface area contributed by atoms with Gasteiger partial charge in [0.05, 0.1) is 17.9 Å². The fraction of sp³-hybridized carbons (Fsp3) is 0.240. The zero-order valence-electron chi connectivity index (χ0n) is 18.9. The molecule has 0 unspecified atom stereocenters. The van der Waals surface area contributed by atoms with Crippen LogP contribution in [0.25, 0.3) is 11.1 Å². The number of hydrogen-bond donors (Lipinski definition) is 2. The highest BCUT2D eigenvalue weighted by molar-refractivity contribution is 7.91. The number of likely N-dealkylation sites (tertiary alicyclic amines) is 1.